The van der Waals surface area contributed by atoms with E-state index in [0.29, 0.717) is 6.04 Å². The molecule has 0 spiro atoms. The lowest BCUT2D eigenvalue weighted by Gasteiger charge is -2.10. The summed E-state index contributed by atoms with van der Waals surface area (Å²) in [4.78, 5) is 0. The van der Waals surface area contributed by atoms with Crippen LogP contribution in [0.2, 0.25) is 0 Å². The van der Waals surface area contributed by atoms with Gasteiger partial charge in [0.05, 0.1) is 29.7 Å². The van der Waals surface area contributed by atoms with Crippen molar-refractivity contribution in [3.8, 4) is 0 Å². The highest BCUT2D eigenvalue weighted by Crippen LogP contribution is 2.15. The molecule has 4 heteroatoms. The molecule has 0 aliphatic heterocycles. The highest BCUT2D eigenvalue weighted by molar-refractivity contribution is 6.99. The van der Waals surface area contributed by atoms with E-state index in [9.17, 15) is 0 Å². The lowest BCUT2D eigenvalue weighted by Crippen LogP contribution is -2.16. The zero-order chi connectivity index (χ0) is 8.10. The first-order valence-electron chi connectivity index (χ1n) is 3.83. The minimum Gasteiger partial charge on any atom is -0.312 e. The van der Waals surface area contributed by atoms with Gasteiger partial charge < -0.3 is 5.32 Å². The highest BCUT2D eigenvalue weighted by atomic mass is 32.1. The van der Waals surface area contributed by atoms with Gasteiger partial charge in [-0.05, 0) is 13.5 Å². The maximum Gasteiger partial charge on any atom is 0.0912 e. The van der Waals surface area contributed by atoms with E-state index in [1.807, 2.05) is 13.2 Å². The van der Waals surface area contributed by atoms with Crippen LogP contribution in [-0.4, -0.2) is 15.8 Å². The Morgan fingerprint density at radius 1 is 1.73 bits per heavy atom. The Balaban J connectivity index is 2.56. The Morgan fingerprint density at radius 2 is 2.55 bits per heavy atom. The fourth-order valence-corrected chi connectivity index (χ4v) is 1.53. The Kier molecular flexibility index (Phi) is 3.45. The van der Waals surface area contributed by atoms with Gasteiger partial charge in [-0.3, -0.25) is 0 Å². The molecule has 1 aromatic heterocycles. The van der Waals surface area contributed by atoms with E-state index < -0.39 is 0 Å². The predicted octanol–water partition coefficient (Wildman–Crippen LogP) is 1.60. The van der Waals surface area contributed by atoms with Gasteiger partial charge in [-0.15, -0.1) is 0 Å². The Hall–Kier alpha value is -0.480. The summed E-state index contributed by atoms with van der Waals surface area (Å²) in [5.41, 5.74) is 1.07. The molecular weight excluding hydrogens is 158 g/mol. The standard InChI is InChI=1S/C7H13N3S/c1-3-4-6(8-2)7-5-9-11-10-7/h5-6,8H,3-4H2,1-2H3. The van der Waals surface area contributed by atoms with Crippen molar-refractivity contribution < 1.29 is 0 Å². The van der Waals surface area contributed by atoms with E-state index in [1.54, 1.807) is 0 Å². The molecule has 1 aromatic rings. The fraction of sp³-hybridized carbons (Fsp3) is 0.714. The molecule has 0 aliphatic rings. The summed E-state index contributed by atoms with van der Waals surface area (Å²) in [6.07, 6.45) is 4.13. The number of rotatable bonds is 4. The average Bonchev–Trinajstić information content (AvgIpc) is 2.52. The Morgan fingerprint density at radius 3 is 3.00 bits per heavy atom. The van der Waals surface area contributed by atoms with E-state index in [0.717, 1.165) is 12.1 Å². The normalized spacial score (nSPS) is 13.3. The molecule has 0 amide bonds. The number of nitrogens with zero attached hydrogens (tertiary/aromatic N) is 2. The van der Waals surface area contributed by atoms with E-state index >= 15 is 0 Å². The maximum absolute atomic E-state index is 4.17. The lowest BCUT2D eigenvalue weighted by molar-refractivity contribution is 0.532. The van der Waals surface area contributed by atoms with Crippen LogP contribution in [0.25, 0.3) is 0 Å². The van der Waals surface area contributed by atoms with Gasteiger partial charge in [0.25, 0.3) is 0 Å². The lowest BCUT2D eigenvalue weighted by atomic mass is 10.1. The summed E-state index contributed by atoms with van der Waals surface area (Å²) in [6, 6.07) is 0.388. The minimum atomic E-state index is 0.388. The molecule has 1 rings (SSSR count). The van der Waals surface area contributed by atoms with Crippen molar-refractivity contribution in [2.24, 2.45) is 0 Å². The van der Waals surface area contributed by atoms with Crippen molar-refractivity contribution in [3.63, 3.8) is 0 Å². The summed E-state index contributed by atoms with van der Waals surface area (Å²) < 4.78 is 8.14. The van der Waals surface area contributed by atoms with Gasteiger partial charge in [-0.1, -0.05) is 13.3 Å². The predicted molar refractivity (Wildman–Crippen MR) is 46.6 cm³/mol. The number of hydrogen-bond acceptors (Lipinski definition) is 4. The molecular formula is C7H13N3S. The SMILES string of the molecule is CCCC(NC)c1cnsn1. The van der Waals surface area contributed by atoms with Crippen molar-refractivity contribution in [1.82, 2.24) is 14.1 Å². The molecule has 62 valence electrons. The first kappa shape index (κ1) is 8.62. The summed E-state index contributed by atoms with van der Waals surface area (Å²) in [6.45, 7) is 2.17. The van der Waals surface area contributed by atoms with Crippen molar-refractivity contribution in [3.05, 3.63) is 11.9 Å². The van der Waals surface area contributed by atoms with E-state index in [-0.39, 0.29) is 0 Å². The summed E-state index contributed by atoms with van der Waals surface area (Å²) in [5.74, 6) is 0. The largest absolute Gasteiger partial charge is 0.312 e. The zero-order valence-corrected chi connectivity index (χ0v) is 7.69. The third kappa shape index (κ3) is 2.24. The molecule has 1 N–H and O–H groups in total. The molecule has 0 aliphatic carbocycles. The number of hydrogen-bond donors (Lipinski definition) is 1. The highest BCUT2D eigenvalue weighted by Gasteiger charge is 2.09. The second-order valence-corrected chi connectivity index (χ2v) is 3.02. The number of nitrogens with one attached hydrogen (secondary N) is 1. The van der Waals surface area contributed by atoms with Crippen LogP contribution >= 0.6 is 11.7 Å². The summed E-state index contributed by atoms with van der Waals surface area (Å²) in [5, 5.41) is 3.21. The van der Waals surface area contributed by atoms with Crippen LogP contribution in [0, 0.1) is 0 Å². The second-order valence-electron chi connectivity index (χ2n) is 2.46. The Labute approximate surface area is 71.2 Å². The van der Waals surface area contributed by atoms with Crippen LogP contribution in [0.15, 0.2) is 6.20 Å². The fourth-order valence-electron chi connectivity index (χ4n) is 1.05. The zero-order valence-electron chi connectivity index (χ0n) is 6.87. The average molecular weight is 171 g/mol. The molecule has 0 radical (unpaired) electrons. The van der Waals surface area contributed by atoms with Crippen LogP contribution in [0.3, 0.4) is 0 Å². The molecule has 1 unspecified atom stereocenters. The first-order valence-corrected chi connectivity index (χ1v) is 4.56. The smallest absolute Gasteiger partial charge is 0.0912 e. The quantitative estimate of drug-likeness (QED) is 0.747. The van der Waals surface area contributed by atoms with Crippen LogP contribution in [0.1, 0.15) is 31.5 Å². The van der Waals surface area contributed by atoms with E-state index in [1.165, 1.54) is 18.1 Å². The third-order valence-electron chi connectivity index (χ3n) is 1.66. The molecule has 0 saturated carbocycles. The minimum absolute atomic E-state index is 0.388. The van der Waals surface area contributed by atoms with Crippen LogP contribution < -0.4 is 5.32 Å². The van der Waals surface area contributed by atoms with Crippen LogP contribution in [0.4, 0.5) is 0 Å². The second kappa shape index (κ2) is 4.41. The molecule has 0 aromatic carbocycles. The summed E-state index contributed by atoms with van der Waals surface area (Å²) in [7, 11) is 1.96. The molecule has 1 heterocycles. The molecule has 11 heavy (non-hydrogen) atoms. The van der Waals surface area contributed by atoms with Crippen molar-refractivity contribution in [2.75, 3.05) is 7.05 Å². The van der Waals surface area contributed by atoms with Crippen molar-refractivity contribution in [2.45, 2.75) is 25.8 Å². The molecule has 3 nitrogen and oxygen atoms in total. The maximum atomic E-state index is 4.17. The van der Waals surface area contributed by atoms with Gasteiger partial charge in [0.2, 0.25) is 0 Å². The molecule has 0 saturated heterocycles. The van der Waals surface area contributed by atoms with Crippen molar-refractivity contribution in [1.29, 1.82) is 0 Å². The van der Waals surface area contributed by atoms with E-state index in [4.69, 9.17) is 0 Å². The first-order chi connectivity index (χ1) is 5.38. The van der Waals surface area contributed by atoms with Gasteiger partial charge in [0, 0.05) is 0 Å². The van der Waals surface area contributed by atoms with Gasteiger partial charge in [0.1, 0.15) is 0 Å². The Bertz CT molecular complexity index is 186. The van der Waals surface area contributed by atoms with E-state index in [2.05, 4.69) is 21.0 Å². The van der Waals surface area contributed by atoms with Crippen LogP contribution in [0.5, 0.6) is 0 Å². The van der Waals surface area contributed by atoms with Gasteiger partial charge in [-0.2, -0.15) is 8.75 Å². The molecule has 0 bridgehead atoms. The van der Waals surface area contributed by atoms with Gasteiger partial charge in [0.15, 0.2) is 0 Å². The molecule has 1 atom stereocenters. The van der Waals surface area contributed by atoms with Gasteiger partial charge >= 0.3 is 0 Å². The van der Waals surface area contributed by atoms with Crippen LogP contribution in [-0.2, 0) is 0 Å². The third-order valence-corrected chi connectivity index (χ3v) is 2.15. The van der Waals surface area contributed by atoms with Crippen molar-refractivity contribution >= 4 is 11.7 Å². The number of aromatic nitrogens is 2. The summed E-state index contributed by atoms with van der Waals surface area (Å²) >= 11 is 1.27. The topological polar surface area (TPSA) is 37.8 Å². The van der Waals surface area contributed by atoms with Gasteiger partial charge in [-0.25, -0.2) is 0 Å². The monoisotopic (exact) mass is 171 g/mol. The molecule has 0 fully saturated rings.